The number of hydrogen-bond donors (Lipinski definition) is 0. The van der Waals surface area contributed by atoms with Gasteiger partial charge in [-0.15, -0.1) is 0 Å². The van der Waals surface area contributed by atoms with Crippen LogP contribution in [-0.4, -0.2) is 48.0 Å². The summed E-state index contributed by atoms with van der Waals surface area (Å²) in [5, 5.41) is 4.87. The number of ether oxygens (including phenoxy) is 2. The summed E-state index contributed by atoms with van der Waals surface area (Å²) in [5.74, 6) is 3.15. The Bertz CT molecular complexity index is 1180. The van der Waals surface area contributed by atoms with Crippen molar-refractivity contribution in [3.63, 3.8) is 0 Å². The summed E-state index contributed by atoms with van der Waals surface area (Å²) in [6.45, 7) is 1.46. The monoisotopic (exact) mass is 428 g/mol. The van der Waals surface area contributed by atoms with Crippen molar-refractivity contribution in [1.82, 2.24) is 19.7 Å². The normalized spacial score (nSPS) is 11.0. The lowest BCUT2D eigenvalue weighted by Gasteiger charge is -2.11. The van der Waals surface area contributed by atoms with E-state index in [0.717, 1.165) is 40.6 Å². The molecule has 6 heteroatoms. The van der Waals surface area contributed by atoms with E-state index in [1.165, 1.54) is 5.56 Å². The standard InChI is InChI=1S/C26H28N4O2/c1-29(2)17-19-7-5-9-22(15-19)26-27-25(21-11-13-23(31-3)14-12-21)28-30(26)18-20-8-6-10-24(16-20)32-4/h5-16H,17-18H2,1-4H3. The van der Waals surface area contributed by atoms with Gasteiger partial charge in [0.15, 0.2) is 11.6 Å². The van der Waals surface area contributed by atoms with Gasteiger partial charge in [0.25, 0.3) is 0 Å². The third-order valence-corrected chi connectivity index (χ3v) is 5.17. The van der Waals surface area contributed by atoms with Crippen molar-refractivity contribution >= 4 is 0 Å². The van der Waals surface area contributed by atoms with E-state index in [0.29, 0.717) is 12.4 Å². The molecule has 4 rings (SSSR count). The second-order valence-electron chi connectivity index (χ2n) is 7.93. The van der Waals surface area contributed by atoms with Crippen LogP contribution in [0.5, 0.6) is 11.5 Å². The molecule has 0 radical (unpaired) electrons. The highest BCUT2D eigenvalue weighted by molar-refractivity contribution is 5.63. The second kappa shape index (κ2) is 9.66. The van der Waals surface area contributed by atoms with Crippen LogP contribution in [0.25, 0.3) is 22.8 Å². The molecule has 3 aromatic carbocycles. The molecule has 4 aromatic rings. The van der Waals surface area contributed by atoms with Gasteiger partial charge in [-0.05, 0) is 67.7 Å². The van der Waals surface area contributed by atoms with Gasteiger partial charge in [-0.25, -0.2) is 9.67 Å². The molecule has 1 heterocycles. The molecule has 0 atom stereocenters. The summed E-state index contributed by atoms with van der Waals surface area (Å²) in [6.07, 6.45) is 0. The predicted molar refractivity (Wildman–Crippen MR) is 127 cm³/mol. The molecule has 0 aliphatic rings. The first-order valence-electron chi connectivity index (χ1n) is 10.5. The van der Waals surface area contributed by atoms with Crippen LogP contribution in [0, 0.1) is 0 Å². The smallest absolute Gasteiger partial charge is 0.181 e. The number of aromatic nitrogens is 3. The van der Waals surface area contributed by atoms with Gasteiger partial charge < -0.3 is 14.4 Å². The van der Waals surface area contributed by atoms with E-state index < -0.39 is 0 Å². The third kappa shape index (κ3) is 4.98. The highest BCUT2D eigenvalue weighted by atomic mass is 16.5. The van der Waals surface area contributed by atoms with Crippen molar-refractivity contribution in [3.8, 4) is 34.3 Å². The van der Waals surface area contributed by atoms with Crippen LogP contribution in [0.15, 0.2) is 72.8 Å². The Kier molecular flexibility index (Phi) is 6.52. The van der Waals surface area contributed by atoms with Crippen LogP contribution < -0.4 is 9.47 Å². The number of hydrogen-bond acceptors (Lipinski definition) is 5. The topological polar surface area (TPSA) is 52.4 Å². The summed E-state index contributed by atoms with van der Waals surface area (Å²) in [4.78, 5) is 7.09. The van der Waals surface area contributed by atoms with Crippen LogP contribution >= 0.6 is 0 Å². The van der Waals surface area contributed by atoms with Gasteiger partial charge in [0.2, 0.25) is 0 Å². The van der Waals surface area contributed by atoms with Gasteiger partial charge >= 0.3 is 0 Å². The van der Waals surface area contributed by atoms with Gasteiger partial charge in [0, 0.05) is 17.7 Å². The molecule has 0 bridgehead atoms. The fourth-order valence-corrected chi connectivity index (χ4v) is 3.65. The van der Waals surface area contributed by atoms with Crippen molar-refractivity contribution in [2.24, 2.45) is 0 Å². The fourth-order valence-electron chi connectivity index (χ4n) is 3.65. The number of benzene rings is 3. The maximum absolute atomic E-state index is 5.39. The molecule has 0 amide bonds. The van der Waals surface area contributed by atoms with E-state index in [1.54, 1.807) is 14.2 Å². The molecule has 1 aromatic heterocycles. The van der Waals surface area contributed by atoms with Crippen molar-refractivity contribution in [2.75, 3.05) is 28.3 Å². The van der Waals surface area contributed by atoms with E-state index in [1.807, 2.05) is 47.1 Å². The van der Waals surface area contributed by atoms with E-state index in [9.17, 15) is 0 Å². The molecular formula is C26H28N4O2. The predicted octanol–water partition coefficient (Wildman–Crippen LogP) is 4.74. The molecule has 0 fully saturated rings. The summed E-state index contributed by atoms with van der Waals surface area (Å²) in [5.41, 5.74) is 4.32. The maximum Gasteiger partial charge on any atom is 0.181 e. The van der Waals surface area contributed by atoms with Gasteiger partial charge in [0.1, 0.15) is 11.5 Å². The first kappa shape index (κ1) is 21.6. The Morgan fingerprint density at radius 2 is 1.50 bits per heavy atom. The Morgan fingerprint density at radius 1 is 0.781 bits per heavy atom. The van der Waals surface area contributed by atoms with Crippen molar-refractivity contribution in [2.45, 2.75) is 13.1 Å². The number of rotatable bonds is 8. The molecular weight excluding hydrogens is 400 g/mol. The van der Waals surface area contributed by atoms with Crippen molar-refractivity contribution in [3.05, 3.63) is 83.9 Å². The van der Waals surface area contributed by atoms with Crippen molar-refractivity contribution < 1.29 is 9.47 Å². The van der Waals surface area contributed by atoms with Gasteiger partial charge in [-0.2, -0.15) is 5.10 Å². The second-order valence-corrected chi connectivity index (χ2v) is 7.93. The summed E-state index contributed by atoms with van der Waals surface area (Å²) in [7, 11) is 7.48. The van der Waals surface area contributed by atoms with Gasteiger partial charge in [-0.3, -0.25) is 0 Å². The van der Waals surface area contributed by atoms with Crippen molar-refractivity contribution in [1.29, 1.82) is 0 Å². The Morgan fingerprint density at radius 3 is 2.22 bits per heavy atom. The van der Waals surface area contributed by atoms with Gasteiger partial charge in [-0.1, -0.05) is 30.3 Å². The molecule has 0 aliphatic heterocycles. The Balaban J connectivity index is 1.76. The molecule has 0 saturated heterocycles. The fraction of sp³-hybridized carbons (Fsp3) is 0.231. The molecule has 6 nitrogen and oxygen atoms in total. The molecule has 164 valence electrons. The molecule has 0 unspecified atom stereocenters. The van der Waals surface area contributed by atoms with E-state index in [2.05, 4.69) is 49.3 Å². The minimum atomic E-state index is 0.591. The molecule has 32 heavy (non-hydrogen) atoms. The third-order valence-electron chi connectivity index (χ3n) is 5.17. The largest absolute Gasteiger partial charge is 0.497 e. The summed E-state index contributed by atoms with van der Waals surface area (Å²) >= 11 is 0. The SMILES string of the molecule is COc1ccc(-c2nc(-c3cccc(CN(C)C)c3)n(Cc3cccc(OC)c3)n2)cc1. The lowest BCUT2D eigenvalue weighted by molar-refractivity contribution is 0.402. The Labute approximate surface area is 189 Å². The van der Waals surface area contributed by atoms with Gasteiger partial charge in [0.05, 0.1) is 20.8 Å². The number of nitrogens with zero attached hydrogens (tertiary/aromatic N) is 4. The maximum atomic E-state index is 5.39. The summed E-state index contributed by atoms with van der Waals surface area (Å²) in [6, 6.07) is 24.3. The Hall–Kier alpha value is -3.64. The molecule has 0 aliphatic carbocycles. The highest BCUT2D eigenvalue weighted by Crippen LogP contribution is 2.26. The van der Waals surface area contributed by atoms with Crippen LogP contribution in [0.4, 0.5) is 0 Å². The van der Waals surface area contributed by atoms with E-state index >= 15 is 0 Å². The first-order chi connectivity index (χ1) is 15.6. The first-order valence-corrected chi connectivity index (χ1v) is 10.5. The van der Waals surface area contributed by atoms with Crippen LogP contribution in [0.1, 0.15) is 11.1 Å². The van der Waals surface area contributed by atoms with E-state index in [-0.39, 0.29) is 0 Å². The average molecular weight is 429 g/mol. The lowest BCUT2D eigenvalue weighted by Crippen LogP contribution is -2.10. The van der Waals surface area contributed by atoms with Crippen LogP contribution in [0.3, 0.4) is 0 Å². The minimum Gasteiger partial charge on any atom is -0.497 e. The molecule has 0 spiro atoms. The lowest BCUT2D eigenvalue weighted by atomic mass is 10.1. The average Bonchev–Trinajstić information content (AvgIpc) is 3.22. The molecule has 0 saturated carbocycles. The van der Waals surface area contributed by atoms with Crippen LogP contribution in [0.2, 0.25) is 0 Å². The van der Waals surface area contributed by atoms with Crippen LogP contribution in [-0.2, 0) is 13.1 Å². The quantitative estimate of drug-likeness (QED) is 0.406. The highest BCUT2D eigenvalue weighted by Gasteiger charge is 2.15. The molecule has 0 N–H and O–H groups in total. The zero-order valence-corrected chi connectivity index (χ0v) is 18.9. The van der Waals surface area contributed by atoms with E-state index in [4.69, 9.17) is 19.6 Å². The number of methoxy groups -OCH3 is 2. The zero-order valence-electron chi connectivity index (χ0n) is 18.9. The summed E-state index contributed by atoms with van der Waals surface area (Å²) < 4.78 is 12.6. The minimum absolute atomic E-state index is 0.591. The zero-order chi connectivity index (χ0) is 22.5.